The van der Waals surface area contributed by atoms with Crippen LogP contribution < -0.4 is 5.73 Å². The highest BCUT2D eigenvalue weighted by atomic mass is 19.1. The molecule has 1 aliphatic rings. The van der Waals surface area contributed by atoms with Gasteiger partial charge in [-0.05, 0) is 50.9 Å². The molecule has 2 atom stereocenters. The predicted octanol–water partition coefficient (Wildman–Crippen LogP) is 2.70. The van der Waals surface area contributed by atoms with Gasteiger partial charge in [0.2, 0.25) is 0 Å². The maximum atomic E-state index is 13.3. The standard InChI is InChI=1S/C14H21FN2/c1-10(2)17-8-4-7-13(16)14(17)11-5-3-6-12(15)9-11/h3,5-6,9-10,13-14H,4,7-8,16H2,1-2H3. The molecule has 1 aromatic rings. The van der Waals surface area contributed by atoms with E-state index in [0.29, 0.717) is 6.04 Å². The van der Waals surface area contributed by atoms with Crippen LogP contribution >= 0.6 is 0 Å². The molecule has 2 N–H and O–H groups in total. The van der Waals surface area contributed by atoms with Crippen molar-refractivity contribution in [1.29, 1.82) is 0 Å². The van der Waals surface area contributed by atoms with Crippen molar-refractivity contribution in [3.63, 3.8) is 0 Å². The summed E-state index contributed by atoms with van der Waals surface area (Å²) in [4.78, 5) is 2.38. The van der Waals surface area contributed by atoms with Crippen molar-refractivity contribution in [3.05, 3.63) is 35.6 Å². The Labute approximate surface area is 103 Å². The first kappa shape index (κ1) is 12.5. The molecule has 0 aromatic heterocycles. The fraction of sp³-hybridized carbons (Fsp3) is 0.571. The van der Waals surface area contributed by atoms with Crippen molar-refractivity contribution < 1.29 is 4.39 Å². The molecule has 0 saturated carbocycles. The number of likely N-dealkylation sites (tertiary alicyclic amines) is 1. The SMILES string of the molecule is CC(C)N1CCCC(N)C1c1cccc(F)c1. The summed E-state index contributed by atoms with van der Waals surface area (Å²) >= 11 is 0. The minimum absolute atomic E-state index is 0.105. The van der Waals surface area contributed by atoms with Gasteiger partial charge in [0.05, 0.1) is 6.04 Å². The van der Waals surface area contributed by atoms with Gasteiger partial charge < -0.3 is 5.73 Å². The number of halogens is 1. The van der Waals surface area contributed by atoms with Crippen LogP contribution in [0, 0.1) is 5.82 Å². The Morgan fingerprint density at radius 2 is 2.18 bits per heavy atom. The highest BCUT2D eigenvalue weighted by Gasteiger charge is 2.31. The van der Waals surface area contributed by atoms with E-state index >= 15 is 0 Å². The van der Waals surface area contributed by atoms with Crippen LogP contribution in [0.2, 0.25) is 0 Å². The topological polar surface area (TPSA) is 29.3 Å². The molecule has 0 spiro atoms. The van der Waals surface area contributed by atoms with Crippen LogP contribution in [0.4, 0.5) is 4.39 Å². The summed E-state index contributed by atoms with van der Waals surface area (Å²) in [5.74, 6) is -0.177. The van der Waals surface area contributed by atoms with Gasteiger partial charge in [0, 0.05) is 12.1 Å². The highest BCUT2D eigenvalue weighted by Crippen LogP contribution is 2.31. The van der Waals surface area contributed by atoms with Crippen LogP contribution in [0.3, 0.4) is 0 Å². The maximum absolute atomic E-state index is 13.3. The number of hydrogen-bond donors (Lipinski definition) is 1. The van der Waals surface area contributed by atoms with Gasteiger partial charge in [-0.15, -0.1) is 0 Å². The lowest BCUT2D eigenvalue weighted by Gasteiger charge is -2.42. The van der Waals surface area contributed by atoms with Gasteiger partial charge in [0.25, 0.3) is 0 Å². The van der Waals surface area contributed by atoms with Crippen molar-refractivity contribution >= 4 is 0 Å². The van der Waals surface area contributed by atoms with Gasteiger partial charge in [-0.25, -0.2) is 4.39 Å². The molecule has 17 heavy (non-hydrogen) atoms. The first-order valence-corrected chi connectivity index (χ1v) is 6.36. The quantitative estimate of drug-likeness (QED) is 0.855. The molecule has 0 aliphatic carbocycles. The number of nitrogens with zero attached hydrogens (tertiary/aromatic N) is 1. The van der Waals surface area contributed by atoms with Crippen LogP contribution in [0.1, 0.15) is 38.3 Å². The van der Waals surface area contributed by atoms with Gasteiger partial charge in [-0.3, -0.25) is 4.90 Å². The Bertz CT molecular complexity index is 378. The van der Waals surface area contributed by atoms with Gasteiger partial charge in [0.1, 0.15) is 5.82 Å². The molecular formula is C14H21FN2. The van der Waals surface area contributed by atoms with Crippen molar-refractivity contribution in [2.45, 2.75) is 44.8 Å². The molecule has 1 aliphatic heterocycles. The molecule has 0 amide bonds. The summed E-state index contributed by atoms with van der Waals surface area (Å²) in [6.07, 6.45) is 2.15. The van der Waals surface area contributed by atoms with Gasteiger partial charge in [0.15, 0.2) is 0 Å². The van der Waals surface area contributed by atoms with Crippen LogP contribution in [0.5, 0.6) is 0 Å². The molecule has 0 bridgehead atoms. The monoisotopic (exact) mass is 236 g/mol. The molecule has 2 unspecified atom stereocenters. The van der Waals surface area contributed by atoms with Crippen molar-refractivity contribution in [3.8, 4) is 0 Å². The fourth-order valence-corrected chi connectivity index (χ4v) is 2.76. The molecule has 1 fully saturated rings. The first-order valence-electron chi connectivity index (χ1n) is 6.36. The first-order chi connectivity index (χ1) is 8.09. The largest absolute Gasteiger partial charge is 0.326 e. The van der Waals surface area contributed by atoms with Crippen molar-refractivity contribution in [2.75, 3.05) is 6.54 Å². The van der Waals surface area contributed by atoms with Crippen molar-refractivity contribution in [2.24, 2.45) is 5.73 Å². The summed E-state index contributed by atoms with van der Waals surface area (Å²) in [6, 6.07) is 7.55. The normalized spacial score (nSPS) is 26.4. The van der Waals surface area contributed by atoms with E-state index in [2.05, 4.69) is 18.7 Å². The lowest BCUT2D eigenvalue weighted by Crippen LogP contribution is -2.48. The van der Waals surface area contributed by atoms with E-state index in [1.165, 1.54) is 6.07 Å². The van der Waals surface area contributed by atoms with Crippen molar-refractivity contribution in [1.82, 2.24) is 4.90 Å². The molecule has 0 radical (unpaired) electrons. The number of benzene rings is 1. The molecule has 2 nitrogen and oxygen atoms in total. The summed E-state index contributed by atoms with van der Waals surface area (Å²) in [5.41, 5.74) is 7.23. The van der Waals surface area contributed by atoms with E-state index in [1.54, 1.807) is 12.1 Å². The molecule has 1 saturated heterocycles. The second-order valence-electron chi connectivity index (χ2n) is 5.14. The summed E-state index contributed by atoms with van der Waals surface area (Å²) in [6.45, 7) is 5.39. The lowest BCUT2D eigenvalue weighted by atomic mass is 9.90. The average Bonchev–Trinajstić information content (AvgIpc) is 2.28. The van der Waals surface area contributed by atoms with Crippen LogP contribution in [0.15, 0.2) is 24.3 Å². The third-order valence-electron chi connectivity index (χ3n) is 3.57. The third kappa shape index (κ3) is 2.67. The minimum atomic E-state index is -0.177. The van der Waals surface area contributed by atoms with Gasteiger partial charge >= 0.3 is 0 Å². The van der Waals surface area contributed by atoms with Crippen LogP contribution in [-0.4, -0.2) is 23.5 Å². The fourth-order valence-electron chi connectivity index (χ4n) is 2.76. The number of rotatable bonds is 2. The van der Waals surface area contributed by atoms with Gasteiger partial charge in [-0.1, -0.05) is 12.1 Å². The maximum Gasteiger partial charge on any atom is 0.123 e. The summed E-state index contributed by atoms with van der Waals surface area (Å²) in [7, 11) is 0. The zero-order valence-corrected chi connectivity index (χ0v) is 10.6. The van der Waals surface area contributed by atoms with E-state index in [1.807, 2.05) is 6.07 Å². The van der Waals surface area contributed by atoms with E-state index < -0.39 is 0 Å². The third-order valence-corrected chi connectivity index (χ3v) is 3.57. The Kier molecular flexibility index (Phi) is 3.79. The highest BCUT2D eigenvalue weighted by molar-refractivity contribution is 5.22. The minimum Gasteiger partial charge on any atom is -0.326 e. The van der Waals surface area contributed by atoms with Gasteiger partial charge in [-0.2, -0.15) is 0 Å². The van der Waals surface area contributed by atoms with E-state index in [9.17, 15) is 4.39 Å². The van der Waals surface area contributed by atoms with E-state index in [4.69, 9.17) is 5.73 Å². The average molecular weight is 236 g/mol. The lowest BCUT2D eigenvalue weighted by molar-refractivity contribution is 0.0945. The Hall–Kier alpha value is -0.930. The number of hydrogen-bond acceptors (Lipinski definition) is 2. The van der Waals surface area contributed by atoms with E-state index in [-0.39, 0.29) is 17.9 Å². The van der Waals surface area contributed by atoms with E-state index in [0.717, 1.165) is 24.9 Å². The Morgan fingerprint density at radius 1 is 1.41 bits per heavy atom. The van der Waals surface area contributed by atoms with Crippen LogP contribution in [-0.2, 0) is 0 Å². The summed E-state index contributed by atoms with van der Waals surface area (Å²) < 4.78 is 13.3. The predicted molar refractivity (Wildman–Crippen MR) is 68.2 cm³/mol. The Morgan fingerprint density at radius 3 is 2.82 bits per heavy atom. The molecule has 1 heterocycles. The molecule has 3 heteroatoms. The van der Waals surface area contributed by atoms with Crippen LogP contribution in [0.25, 0.3) is 0 Å². The zero-order valence-electron chi connectivity index (χ0n) is 10.6. The smallest absolute Gasteiger partial charge is 0.123 e. The summed E-state index contributed by atoms with van der Waals surface area (Å²) in [5, 5.41) is 0. The zero-order chi connectivity index (χ0) is 12.4. The second kappa shape index (κ2) is 5.15. The number of nitrogens with two attached hydrogens (primary N) is 1. The number of piperidine rings is 1. The molecular weight excluding hydrogens is 215 g/mol. The molecule has 2 rings (SSSR count). The molecule has 1 aromatic carbocycles. The molecule has 94 valence electrons. The Balaban J connectivity index is 2.31. The second-order valence-corrected chi connectivity index (χ2v) is 5.14.